The van der Waals surface area contributed by atoms with Crippen LogP contribution in [0.25, 0.3) is 0 Å². The molecule has 1 aromatic carbocycles. The molecule has 1 saturated heterocycles. The minimum Gasteiger partial charge on any atom is -0.395 e. The number of aliphatic hydroxyl groups excluding tert-OH is 2. The molecule has 0 aliphatic carbocycles. The number of thioether (sulfide) groups is 1. The highest BCUT2D eigenvalue weighted by Gasteiger charge is 2.54. The number of aliphatic hydroxyl groups is 3. The second kappa shape index (κ2) is 13.8. The molecular weight excluding hydrogens is 658 g/mol. The van der Waals surface area contributed by atoms with Gasteiger partial charge >= 0.3 is 13.9 Å². The first-order chi connectivity index (χ1) is 21.4. The van der Waals surface area contributed by atoms with Crippen LogP contribution in [0.3, 0.4) is 0 Å². The number of amidine groups is 1. The van der Waals surface area contributed by atoms with Gasteiger partial charge in [0, 0.05) is 12.3 Å². The van der Waals surface area contributed by atoms with Crippen LogP contribution in [0.5, 0.6) is 0 Å². The van der Waals surface area contributed by atoms with E-state index in [0.717, 1.165) is 23.9 Å². The largest absolute Gasteiger partial charge is 0.416 e. The first kappa shape index (κ1) is 36.2. The topological polar surface area (TPSA) is 208 Å². The van der Waals surface area contributed by atoms with E-state index in [2.05, 4.69) is 15.1 Å². The summed E-state index contributed by atoms with van der Waals surface area (Å²) in [6, 6.07) is 4.09. The van der Waals surface area contributed by atoms with E-state index in [1.807, 2.05) is 0 Å². The summed E-state index contributed by atoms with van der Waals surface area (Å²) in [5, 5.41) is 33.7. The third-order valence-electron chi connectivity index (χ3n) is 7.32. The number of halogens is 3. The smallest absolute Gasteiger partial charge is 0.395 e. The van der Waals surface area contributed by atoms with E-state index in [1.165, 1.54) is 30.0 Å². The minimum atomic E-state index is -4.54. The van der Waals surface area contributed by atoms with Gasteiger partial charge in [0.15, 0.2) is 28.6 Å². The molecule has 14 nitrogen and oxygen atoms in total. The molecule has 19 heteroatoms. The maximum atomic E-state index is 13.8. The molecule has 0 saturated carbocycles. The van der Waals surface area contributed by atoms with Crippen LogP contribution in [-0.2, 0) is 35.9 Å². The van der Waals surface area contributed by atoms with Crippen molar-refractivity contribution in [1.29, 1.82) is 0 Å². The number of carbonyl (C=O) groups is 2. The van der Waals surface area contributed by atoms with E-state index in [4.69, 9.17) is 19.5 Å². The van der Waals surface area contributed by atoms with E-state index in [-0.39, 0.29) is 54.4 Å². The number of benzene rings is 1. The quantitative estimate of drug-likeness (QED) is 0.151. The van der Waals surface area contributed by atoms with Crippen molar-refractivity contribution in [1.82, 2.24) is 14.6 Å². The molecule has 2 unspecified atom stereocenters. The Hall–Kier alpha value is -2.67. The molecule has 1 fully saturated rings. The second-order valence-electron chi connectivity index (χ2n) is 11.6. The molecule has 2 aliphatic rings. The molecular formula is C27H35F3N5O9PS. The summed E-state index contributed by atoms with van der Waals surface area (Å²) < 4.78 is 70.8. The molecule has 6 N–H and O–H groups in total. The molecule has 0 spiro atoms. The molecule has 4 rings (SSSR count). The molecule has 0 amide bonds. The molecule has 254 valence electrons. The number of aliphatic imine (C=N–C) groups is 1. The molecule has 3 heterocycles. The number of hydrogen-bond acceptors (Lipinski definition) is 13. The Morgan fingerprint density at radius 3 is 2.59 bits per heavy atom. The fourth-order valence-corrected chi connectivity index (χ4v) is 6.73. The van der Waals surface area contributed by atoms with Crippen LogP contribution in [0.2, 0.25) is 0 Å². The summed E-state index contributed by atoms with van der Waals surface area (Å²) in [7, 11) is -4.29. The predicted molar refractivity (Wildman–Crippen MR) is 159 cm³/mol. The number of Topliss-reactive ketones (excluding diaryl/α,β-unsaturated/α-hetero) is 1. The Morgan fingerprint density at radius 1 is 1.28 bits per heavy atom. The Labute approximate surface area is 266 Å². The van der Waals surface area contributed by atoms with Crippen molar-refractivity contribution < 1.29 is 56.4 Å². The van der Waals surface area contributed by atoms with Gasteiger partial charge in [0.05, 0.1) is 43.5 Å². The van der Waals surface area contributed by atoms with Gasteiger partial charge in [0.1, 0.15) is 23.6 Å². The third kappa shape index (κ3) is 8.06. The van der Waals surface area contributed by atoms with Gasteiger partial charge in [-0.2, -0.15) is 13.2 Å². The van der Waals surface area contributed by atoms with Crippen molar-refractivity contribution in [3.8, 4) is 0 Å². The fourth-order valence-electron chi connectivity index (χ4n) is 4.49. The van der Waals surface area contributed by atoms with Gasteiger partial charge in [-0.3, -0.25) is 23.2 Å². The molecule has 1 aromatic heterocycles. The maximum absolute atomic E-state index is 13.8. The highest BCUT2D eigenvalue weighted by Crippen LogP contribution is 2.47. The first-order valence-corrected chi connectivity index (χ1v) is 16.5. The SMILES string of the molecule is CC(C)(CO)C(=O)SCCOP(=O)(NCc1ccc(C(F)(F)F)cc1)OC[C@H]1O[C@@H](n2cnc3c2N=C(N)CC3=O)C(C)(O)[C@H]1O. The third-order valence-corrected chi connectivity index (χ3v) is 10.1. The van der Waals surface area contributed by atoms with Crippen molar-refractivity contribution in [2.45, 2.75) is 63.9 Å². The van der Waals surface area contributed by atoms with Gasteiger partial charge in [-0.25, -0.2) is 19.6 Å². The number of fused-ring (bicyclic) bond motifs is 1. The zero-order valence-electron chi connectivity index (χ0n) is 25.1. The average Bonchev–Trinajstić information content (AvgIpc) is 3.50. The van der Waals surface area contributed by atoms with Gasteiger partial charge in [-0.05, 0) is 38.5 Å². The van der Waals surface area contributed by atoms with Crippen LogP contribution in [-0.4, -0.2) is 85.0 Å². The molecule has 5 atom stereocenters. The number of aromatic nitrogens is 2. The number of nitrogens with zero attached hydrogens (tertiary/aromatic N) is 3. The van der Waals surface area contributed by atoms with Crippen molar-refractivity contribution in [3.63, 3.8) is 0 Å². The van der Waals surface area contributed by atoms with Crippen molar-refractivity contribution in [3.05, 3.63) is 47.4 Å². The predicted octanol–water partition coefficient (Wildman–Crippen LogP) is 2.70. The number of alkyl halides is 3. The molecule has 0 bridgehead atoms. The normalized spacial score (nSPS) is 24.8. The summed E-state index contributed by atoms with van der Waals surface area (Å²) in [6.45, 7) is 2.86. The Bertz CT molecular complexity index is 1520. The summed E-state index contributed by atoms with van der Waals surface area (Å²) in [6.07, 6.45) is -7.72. The van der Waals surface area contributed by atoms with E-state index < -0.39 is 61.3 Å². The highest BCUT2D eigenvalue weighted by molar-refractivity contribution is 8.13. The van der Waals surface area contributed by atoms with Crippen LogP contribution < -0.4 is 10.8 Å². The lowest BCUT2D eigenvalue weighted by Gasteiger charge is -2.28. The van der Waals surface area contributed by atoms with E-state index >= 15 is 0 Å². The number of ether oxygens (including phenoxy) is 1. The number of imidazole rings is 1. The van der Waals surface area contributed by atoms with Crippen molar-refractivity contribution >= 4 is 42.1 Å². The number of nitrogens with one attached hydrogen (secondary N) is 1. The molecule has 2 aliphatic heterocycles. The minimum absolute atomic E-state index is 0.00637. The lowest BCUT2D eigenvalue weighted by Crippen LogP contribution is -2.44. The van der Waals surface area contributed by atoms with Gasteiger partial charge in [0.2, 0.25) is 0 Å². The van der Waals surface area contributed by atoms with E-state index in [1.54, 1.807) is 13.8 Å². The van der Waals surface area contributed by atoms with Gasteiger partial charge in [-0.15, -0.1) is 0 Å². The van der Waals surface area contributed by atoms with Crippen LogP contribution in [0, 0.1) is 5.41 Å². The van der Waals surface area contributed by atoms with Gasteiger partial charge < -0.3 is 25.8 Å². The number of hydrogen-bond donors (Lipinski definition) is 5. The Balaban J connectivity index is 1.47. The van der Waals surface area contributed by atoms with Crippen LogP contribution >= 0.6 is 19.5 Å². The standard InChI is InChI=1S/C27H35F3N5O9PS/c1-25(2,13-36)24(39)46-9-8-42-45(41,33-11-15-4-6-16(7-5-15)27(28,29)30)43-12-18-21(38)26(3,40)23(44-18)35-14-32-20-17(37)10-19(31)34-22(20)35/h4-7,14,18,21,23,36,38,40H,8-13H2,1-3H3,(H2,31,34)(H,33,41)/t18-,21+,23-,26?,45?/m1/s1. The van der Waals surface area contributed by atoms with E-state index in [0.29, 0.717) is 5.56 Å². The number of carbonyl (C=O) groups excluding carboxylic acids is 2. The lowest BCUT2D eigenvalue weighted by atomic mass is 9.96. The highest BCUT2D eigenvalue weighted by atomic mass is 32.2. The number of ketones is 1. The lowest BCUT2D eigenvalue weighted by molar-refractivity contribution is -0.137. The zero-order chi connectivity index (χ0) is 34.1. The van der Waals surface area contributed by atoms with Gasteiger partial charge in [0.25, 0.3) is 0 Å². The van der Waals surface area contributed by atoms with Crippen LogP contribution in [0.1, 0.15) is 55.0 Å². The van der Waals surface area contributed by atoms with Crippen LogP contribution in [0.15, 0.2) is 35.6 Å². The summed E-state index contributed by atoms with van der Waals surface area (Å²) >= 11 is 0.836. The summed E-state index contributed by atoms with van der Waals surface area (Å²) in [5.41, 5.74) is 2.20. The molecule has 2 aromatic rings. The van der Waals surface area contributed by atoms with Crippen molar-refractivity contribution in [2.75, 3.05) is 25.6 Å². The first-order valence-electron chi connectivity index (χ1n) is 14.0. The average molecular weight is 694 g/mol. The molecule has 46 heavy (non-hydrogen) atoms. The van der Waals surface area contributed by atoms with Crippen molar-refractivity contribution in [2.24, 2.45) is 16.1 Å². The monoisotopic (exact) mass is 693 g/mol. The zero-order valence-corrected chi connectivity index (χ0v) is 26.8. The summed E-state index contributed by atoms with van der Waals surface area (Å²) in [5.74, 6) is -0.326. The summed E-state index contributed by atoms with van der Waals surface area (Å²) in [4.78, 5) is 32.8. The van der Waals surface area contributed by atoms with Gasteiger partial charge in [-0.1, -0.05) is 23.9 Å². The van der Waals surface area contributed by atoms with E-state index in [9.17, 15) is 42.6 Å². The Morgan fingerprint density at radius 2 is 1.96 bits per heavy atom. The fraction of sp³-hybridized carbons (Fsp3) is 0.556. The number of nitrogens with two attached hydrogens (primary N) is 1. The second-order valence-corrected chi connectivity index (χ2v) is 14.5. The maximum Gasteiger partial charge on any atom is 0.416 e. The van der Waals surface area contributed by atoms with Crippen LogP contribution in [0.4, 0.5) is 19.0 Å². The molecule has 0 radical (unpaired) electrons. The Kier molecular flexibility index (Phi) is 10.9. The number of rotatable bonds is 13.